The van der Waals surface area contributed by atoms with E-state index >= 15 is 0 Å². The minimum absolute atomic E-state index is 0.0653. The Morgan fingerprint density at radius 3 is 2.36 bits per heavy atom. The number of benzene rings is 2. The monoisotopic (exact) mass is 479 g/mol. The highest BCUT2D eigenvalue weighted by Crippen LogP contribution is 2.42. The average molecular weight is 480 g/mol. The summed E-state index contributed by atoms with van der Waals surface area (Å²) in [4.78, 5) is 19.1. The van der Waals surface area contributed by atoms with Gasteiger partial charge in [-0.15, -0.1) is 0 Å². The Morgan fingerprint density at radius 1 is 1.18 bits per heavy atom. The third kappa shape index (κ3) is 4.59. The van der Waals surface area contributed by atoms with E-state index in [0.717, 1.165) is 12.1 Å². The zero-order valence-electron chi connectivity index (χ0n) is 18.3. The topological polar surface area (TPSA) is 78.9 Å². The van der Waals surface area contributed by atoms with Gasteiger partial charge >= 0.3 is 6.18 Å². The summed E-state index contributed by atoms with van der Waals surface area (Å²) in [6, 6.07) is 10.1. The molecule has 3 N–H and O–H groups in total. The van der Waals surface area contributed by atoms with Crippen molar-refractivity contribution in [3.05, 3.63) is 69.7 Å². The molecule has 2 aromatic carbocycles. The summed E-state index contributed by atoms with van der Waals surface area (Å²) in [5.74, 6) is -0.0897. The van der Waals surface area contributed by atoms with Crippen LogP contribution in [0.4, 0.5) is 13.2 Å². The van der Waals surface area contributed by atoms with Crippen LogP contribution < -0.4 is 5.73 Å². The van der Waals surface area contributed by atoms with Crippen molar-refractivity contribution in [2.75, 3.05) is 0 Å². The molecule has 0 bridgehead atoms. The highest BCUT2D eigenvalue weighted by Gasteiger charge is 2.48. The molecule has 0 saturated heterocycles. The SMILES string of the molecule is CC1(O)CC(N2C(=O)C[C@@](C)(c3cccc(Cc4ccc(C(F)(F)F)cc4)c3Cl)N=C2N)C1. The molecular weight excluding hydrogens is 455 g/mol. The molecule has 1 aliphatic carbocycles. The van der Waals surface area contributed by atoms with Crippen LogP contribution in [0.3, 0.4) is 0 Å². The van der Waals surface area contributed by atoms with Gasteiger partial charge in [0.15, 0.2) is 5.96 Å². The van der Waals surface area contributed by atoms with Crippen LogP contribution in [0, 0.1) is 0 Å². The van der Waals surface area contributed by atoms with Crippen LogP contribution in [0.1, 0.15) is 55.4 Å². The molecule has 0 unspecified atom stereocenters. The third-order valence-electron chi connectivity index (χ3n) is 6.42. The van der Waals surface area contributed by atoms with Crippen molar-refractivity contribution in [3.8, 4) is 0 Å². The summed E-state index contributed by atoms with van der Waals surface area (Å²) < 4.78 is 38.5. The predicted octanol–water partition coefficient (Wildman–Crippen LogP) is 4.63. The van der Waals surface area contributed by atoms with E-state index in [4.69, 9.17) is 17.3 Å². The summed E-state index contributed by atoms with van der Waals surface area (Å²) in [5.41, 5.74) is 5.72. The van der Waals surface area contributed by atoms with Crippen LogP contribution in [-0.2, 0) is 22.9 Å². The van der Waals surface area contributed by atoms with Gasteiger partial charge in [-0.3, -0.25) is 9.69 Å². The Kier molecular flexibility index (Phi) is 5.73. The largest absolute Gasteiger partial charge is 0.416 e. The van der Waals surface area contributed by atoms with Gasteiger partial charge in [-0.2, -0.15) is 13.2 Å². The number of halogens is 4. The average Bonchev–Trinajstić information content (AvgIpc) is 2.67. The van der Waals surface area contributed by atoms with Crippen molar-refractivity contribution in [1.82, 2.24) is 4.90 Å². The molecule has 33 heavy (non-hydrogen) atoms. The fourth-order valence-electron chi connectivity index (χ4n) is 4.70. The maximum Gasteiger partial charge on any atom is 0.416 e. The number of guanidine groups is 1. The van der Waals surface area contributed by atoms with Gasteiger partial charge in [-0.05, 0) is 61.9 Å². The summed E-state index contributed by atoms with van der Waals surface area (Å²) in [6.07, 6.45) is -3.11. The van der Waals surface area contributed by atoms with Crippen molar-refractivity contribution < 1.29 is 23.1 Å². The number of amides is 1. The van der Waals surface area contributed by atoms with E-state index in [9.17, 15) is 23.1 Å². The molecule has 1 saturated carbocycles. The van der Waals surface area contributed by atoms with E-state index in [-0.39, 0.29) is 24.3 Å². The molecule has 4 rings (SSSR count). The Morgan fingerprint density at radius 2 is 1.82 bits per heavy atom. The van der Waals surface area contributed by atoms with Crippen LogP contribution in [0.2, 0.25) is 5.02 Å². The van der Waals surface area contributed by atoms with Crippen LogP contribution in [0.15, 0.2) is 47.5 Å². The van der Waals surface area contributed by atoms with E-state index in [1.165, 1.54) is 17.0 Å². The lowest BCUT2D eigenvalue weighted by Crippen LogP contribution is -2.61. The first-order valence-corrected chi connectivity index (χ1v) is 11.0. The maximum atomic E-state index is 13.0. The number of nitrogens with two attached hydrogens (primary N) is 1. The molecule has 0 spiro atoms. The Labute approximate surface area is 195 Å². The standard InChI is InChI=1S/C24H25ClF3N3O2/c1-22(33)11-17(12-22)31-19(32)13-23(2,30-21(31)29)18-5-3-4-15(20(18)25)10-14-6-8-16(9-7-14)24(26,27)28/h3-9,17,33H,10-13H2,1-2H3,(H2,29,30)/t17?,22?,23-/m0/s1. The second-order valence-electron chi connectivity index (χ2n) is 9.39. The van der Waals surface area contributed by atoms with Gasteiger partial charge in [-0.1, -0.05) is 41.9 Å². The van der Waals surface area contributed by atoms with Gasteiger partial charge in [0.1, 0.15) is 0 Å². The molecule has 2 aromatic rings. The second-order valence-corrected chi connectivity index (χ2v) is 9.77. The maximum absolute atomic E-state index is 13.0. The normalized spacial score (nSPS) is 27.8. The number of hydrogen-bond donors (Lipinski definition) is 2. The molecule has 0 aromatic heterocycles. The summed E-state index contributed by atoms with van der Waals surface area (Å²) in [5, 5.41) is 10.4. The van der Waals surface area contributed by atoms with Crippen molar-refractivity contribution in [3.63, 3.8) is 0 Å². The second kappa shape index (κ2) is 8.02. The first kappa shape index (κ1) is 23.6. The first-order chi connectivity index (χ1) is 15.3. The molecule has 1 atom stereocenters. The lowest BCUT2D eigenvalue weighted by atomic mass is 9.75. The molecule has 176 valence electrons. The Bertz CT molecular complexity index is 1110. The number of carbonyl (C=O) groups is 1. The van der Waals surface area contributed by atoms with E-state index in [2.05, 4.69) is 4.99 Å². The van der Waals surface area contributed by atoms with Gasteiger partial charge in [0.05, 0.1) is 23.1 Å². The van der Waals surface area contributed by atoms with Crippen molar-refractivity contribution in [2.45, 2.75) is 62.9 Å². The molecular formula is C24H25ClF3N3O2. The number of aliphatic imine (C=N–C) groups is 1. The molecule has 9 heteroatoms. The van der Waals surface area contributed by atoms with Crippen LogP contribution in [0.5, 0.6) is 0 Å². The van der Waals surface area contributed by atoms with Crippen molar-refractivity contribution >= 4 is 23.5 Å². The first-order valence-electron chi connectivity index (χ1n) is 10.6. The van der Waals surface area contributed by atoms with Gasteiger partial charge in [-0.25, -0.2) is 4.99 Å². The van der Waals surface area contributed by atoms with Gasteiger partial charge < -0.3 is 10.8 Å². The fraction of sp³-hybridized carbons (Fsp3) is 0.417. The molecule has 2 aliphatic rings. The zero-order valence-corrected chi connectivity index (χ0v) is 19.0. The number of aliphatic hydroxyl groups is 1. The Hall–Kier alpha value is -2.58. The van der Waals surface area contributed by atoms with Crippen LogP contribution in [0.25, 0.3) is 0 Å². The highest BCUT2D eigenvalue weighted by atomic mass is 35.5. The van der Waals surface area contributed by atoms with Gasteiger partial charge in [0, 0.05) is 11.1 Å². The van der Waals surface area contributed by atoms with Crippen LogP contribution in [-0.4, -0.2) is 33.5 Å². The number of hydrogen-bond acceptors (Lipinski definition) is 4. The molecule has 1 aliphatic heterocycles. The zero-order chi connectivity index (χ0) is 24.2. The smallest absolute Gasteiger partial charge is 0.390 e. The van der Waals surface area contributed by atoms with E-state index in [1.54, 1.807) is 32.0 Å². The molecule has 1 fully saturated rings. The lowest BCUT2D eigenvalue weighted by Gasteiger charge is -2.48. The quantitative estimate of drug-likeness (QED) is 0.671. The minimum atomic E-state index is -4.39. The molecule has 1 heterocycles. The van der Waals surface area contributed by atoms with Crippen molar-refractivity contribution in [2.24, 2.45) is 10.7 Å². The number of carbonyl (C=O) groups excluding carboxylic acids is 1. The van der Waals surface area contributed by atoms with Gasteiger partial charge in [0.25, 0.3) is 0 Å². The number of nitrogens with zero attached hydrogens (tertiary/aromatic N) is 2. The Balaban J connectivity index is 1.59. The van der Waals surface area contributed by atoms with Crippen LogP contribution >= 0.6 is 11.6 Å². The van der Waals surface area contributed by atoms with E-state index in [1.807, 2.05) is 0 Å². The molecule has 0 radical (unpaired) electrons. The third-order valence-corrected chi connectivity index (χ3v) is 6.87. The summed E-state index contributed by atoms with van der Waals surface area (Å²) in [7, 11) is 0. The van der Waals surface area contributed by atoms with Gasteiger partial charge in [0.2, 0.25) is 5.91 Å². The summed E-state index contributed by atoms with van der Waals surface area (Å²) >= 11 is 6.71. The molecule has 5 nitrogen and oxygen atoms in total. The number of rotatable bonds is 4. The van der Waals surface area contributed by atoms with E-state index in [0.29, 0.717) is 41.0 Å². The van der Waals surface area contributed by atoms with Crippen molar-refractivity contribution in [1.29, 1.82) is 0 Å². The van der Waals surface area contributed by atoms with E-state index < -0.39 is 22.9 Å². The predicted molar refractivity (Wildman–Crippen MR) is 120 cm³/mol. The minimum Gasteiger partial charge on any atom is -0.390 e. The highest BCUT2D eigenvalue weighted by molar-refractivity contribution is 6.32. The fourth-order valence-corrected chi connectivity index (χ4v) is 5.10. The molecule has 1 amide bonds. The summed E-state index contributed by atoms with van der Waals surface area (Å²) in [6.45, 7) is 3.51. The number of alkyl halides is 3. The lowest BCUT2D eigenvalue weighted by molar-refractivity contribution is -0.139.